The van der Waals surface area contributed by atoms with E-state index in [0.717, 1.165) is 24.8 Å². The third-order valence-corrected chi connectivity index (χ3v) is 3.70. The molecule has 96 valence electrons. The molecule has 2 heteroatoms. The van der Waals surface area contributed by atoms with Gasteiger partial charge in [-0.1, -0.05) is 38.8 Å². The summed E-state index contributed by atoms with van der Waals surface area (Å²) in [4.78, 5) is 0. The lowest BCUT2D eigenvalue weighted by molar-refractivity contribution is 0.328. The normalized spacial score (nSPS) is 15.0. The van der Waals surface area contributed by atoms with Crippen LogP contribution < -0.4 is 5.73 Å². The highest BCUT2D eigenvalue weighted by Gasteiger charge is 2.25. The predicted octanol–water partition coefficient (Wildman–Crippen LogP) is 4.13. The summed E-state index contributed by atoms with van der Waals surface area (Å²) in [5, 5.41) is 0. The van der Waals surface area contributed by atoms with E-state index in [1.54, 1.807) is 13.0 Å². The van der Waals surface area contributed by atoms with Crippen LogP contribution in [0, 0.1) is 18.7 Å². The highest BCUT2D eigenvalue weighted by molar-refractivity contribution is 5.28. The van der Waals surface area contributed by atoms with E-state index in [4.69, 9.17) is 5.73 Å². The van der Waals surface area contributed by atoms with E-state index in [1.807, 2.05) is 19.1 Å². The zero-order valence-corrected chi connectivity index (χ0v) is 11.4. The van der Waals surface area contributed by atoms with Crippen LogP contribution in [-0.4, -0.2) is 0 Å². The molecule has 0 amide bonds. The van der Waals surface area contributed by atoms with Gasteiger partial charge in [0.1, 0.15) is 5.82 Å². The van der Waals surface area contributed by atoms with Crippen molar-refractivity contribution in [2.45, 2.75) is 52.5 Å². The molecule has 1 unspecified atom stereocenters. The Hall–Kier alpha value is -0.890. The molecule has 0 bridgehead atoms. The van der Waals surface area contributed by atoms with Crippen molar-refractivity contribution in [1.82, 2.24) is 0 Å². The molecule has 0 fully saturated rings. The Morgan fingerprint density at radius 1 is 1.29 bits per heavy atom. The van der Waals surface area contributed by atoms with Gasteiger partial charge in [0.15, 0.2) is 0 Å². The molecule has 1 aromatic rings. The van der Waals surface area contributed by atoms with Gasteiger partial charge < -0.3 is 5.73 Å². The SMILES string of the molecule is CCC(CC)CC(C)(N)c1ccc(C)c(F)c1. The highest BCUT2D eigenvalue weighted by atomic mass is 19.1. The smallest absolute Gasteiger partial charge is 0.126 e. The molecule has 0 aliphatic heterocycles. The Balaban J connectivity index is 2.91. The first-order valence-corrected chi connectivity index (χ1v) is 6.46. The summed E-state index contributed by atoms with van der Waals surface area (Å²) in [7, 11) is 0. The van der Waals surface area contributed by atoms with Crippen molar-refractivity contribution in [3.8, 4) is 0 Å². The summed E-state index contributed by atoms with van der Waals surface area (Å²) in [6.07, 6.45) is 3.15. The molecule has 0 saturated carbocycles. The maximum Gasteiger partial charge on any atom is 0.126 e. The average Bonchev–Trinajstić information content (AvgIpc) is 2.29. The number of hydrogen-bond donors (Lipinski definition) is 1. The van der Waals surface area contributed by atoms with Gasteiger partial charge in [0, 0.05) is 5.54 Å². The fourth-order valence-corrected chi connectivity index (χ4v) is 2.24. The van der Waals surface area contributed by atoms with Gasteiger partial charge in [-0.2, -0.15) is 0 Å². The lowest BCUT2D eigenvalue weighted by atomic mass is 9.81. The van der Waals surface area contributed by atoms with Gasteiger partial charge in [-0.3, -0.25) is 0 Å². The summed E-state index contributed by atoms with van der Waals surface area (Å²) >= 11 is 0. The van der Waals surface area contributed by atoms with Gasteiger partial charge in [-0.15, -0.1) is 0 Å². The van der Waals surface area contributed by atoms with Gasteiger partial charge in [-0.05, 0) is 43.4 Å². The Bertz CT molecular complexity index is 367. The molecule has 0 radical (unpaired) electrons. The molecule has 1 nitrogen and oxygen atoms in total. The van der Waals surface area contributed by atoms with Crippen LogP contribution in [0.2, 0.25) is 0 Å². The fraction of sp³-hybridized carbons (Fsp3) is 0.600. The number of hydrogen-bond acceptors (Lipinski definition) is 1. The summed E-state index contributed by atoms with van der Waals surface area (Å²) in [6.45, 7) is 8.13. The van der Waals surface area contributed by atoms with E-state index in [1.165, 1.54) is 0 Å². The Morgan fingerprint density at radius 2 is 1.88 bits per heavy atom. The van der Waals surface area contributed by atoms with Gasteiger partial charge in [0.2, 0.25) is 0 Å². The van der Waals surface area contributed by atoms with Gasteiger partial charge in [0.05, 0.1) is 0 Å². The van der Waals surface area contributed by atoms with Gasteiger partial charge in [-0.25, -0.2) is 4.39 Å². The Labute approximate surface area is 104 Å². The topological polar surface area (TPSA) is 26.0 Å². The highest BCUT2D eigenvalue weighted by Crippen LogP contribution is 2.29. The quantitative estimate of drug-likeness (QED) is 0.818. The zero-order valence-electron chi connectivity index (χ0n) is 11.4. The maximum absolute atomic E-state index is 13.6. The second kappa shape index (κ2) is 5.63. The van der Waals surface area contributed by atoms with E-state index in [-0.39, 0.29) is 5.82 Å². The molecule has 0 aliphatic carbocycles. The Morgan fingerprint density at radius 3 is 2.35 bits per heavy atom. The number of benzene rings is 1. The van der Waals surface area contributed by atoms with Crippen molar-refractivity contribution < 1.29 is 4.39 Å². The van der Waals surface area contributed by atoms with Crippen LogP contribution in [0.3, 0.4) is 0 Å². The van der Waals surface area contributed by atoms with E-state index < -0.39 is 5.54 Å². The Kier molecular flexibility index (Phi) is 4.70. The molecule has 0 spiro atoms. The standard InChI is InChI=1S/C15H24FN/c1-5-12(6-2)10-15(4,17)13-8-7-11(3)14(16)9-13/h7-9,12H,5-6,10,17H2,1-4H3. The lowest BCUT2D eigenvalue weighted by Gasteiger charge is -2.29. The van der Waals surface area contributed by atoms with E-state index in [2.05, 4.69) is 13.8 Å². The monoisotopic (exact) mass is 237 g/mol. The molecule has 17 heavy (non-hydrogen) atoms. The lowest BCUT2D eigenvalue weighted by Crippen LogP contribution is -2.35. The molecule has 0 saturated heterocycles. The number of rotatable bonds is 5. The van der Waals surface area contributed by atoms with Gasteiger partial charge in [0.25, 0.3) is 0 Å². The van der Waals surface area contributed by atoms with Crippen molar-refractivity contribution in [3.05, 3.63) is 35.1 Å². The van der Waals surface area contributed by atoms with Crippen LogP contribution in [-0.2, 0) is 5.54 Å². The molecular weight excluding hydrogens is 213 g/mol. The number of aryl methyl sites for hydroxylation is 1. The fourth-order valence-electron chi connectivity index (χ4n) is 2.24. The van der Waals surface area contributed by atoms with Crippen molar-refractivity contribution in [1.29, 1.82) is 0 Å². The summed E-state index contributed by atoms with van der Waals surface area (Å²) in [5.74, 6) is 0.443. The molecule has 0 aliphatic rings. The van der Waals surface area contributed by atoms with Crippen LogP contribution >= 0.6 is 0 Å². The zero-order chi connectivity index (χ0) is 13.1. The minimum atomic E-state index is -0.439. The largest absolute Gasteiger partial charge is 0.322 e. The maximum atomic E-state index is 13.6. The van der Waals surface area contributed by atoms with Crippen molar-refractivity contribution in [3.63, 3.8) is 0 Å². The first-order valence-electron chi connectivity index (χ1n) is 6.46. The minimum Gasteiger partial charge on any atom is -0.322 e. The van der Waals surface area contributed by atoms with E-state index >= 15 is 0 Å². The molecule has 1 atom stereocenters. The number of nitrogens with two attached hydrogens (primary N) is 1. The van der Waals surface area contributed by atoms with Crippen LogP contribution in [0.1, 0.15) is 51.2 Å². The van der Waals surface area contributed by atoms with E-state index in [0.29, 0.717) is 11.5 Å². The summed E-state index contributed by atoms with van der Waals surface area (Å²) in [6, 6.07) is 5.33. The van der Waals surface area contributed by atoms with Crippen LogP contribution in [0.25, 0.3) is 0 Å². The van der Waals surface area contributed by atoms with Crippen LogP contribution in [0.15, 0.2) is 18.2 Å². The third kappa shape index (κ3) is 3.53. The summed E-state index contributed by atoms with van der Waals surface area (Å²) < 4.78 is 13.6. The van der Waals surface area contributed by atoms with Crippen molar-refractivity contribution >= 4 is 0 Å². The first kappa shape index (κ1) is 14.2. The molecule has 0 heterocycles. The van der Waals surface area contributed by atoms with Crippen LogP contribution in [0.4, 0.5) is 4.39 Å². The summed E-state index contributed by atoms with van der Waals surface area (Å²) in [5.41, 5.74) is 7.47. The van der Waals surface area contributed by atoms with Gasteiger partial charge >= 0.3 is 0 Å². The molecule has 1 aromatic carbocycles. The third-order valence-electron chi connectivity index (χ3n) is 3.70. The second-order valence-corrected chi connectivity index (χ2v) is 5.27. The van der Waals surface area contributed by atoms with Crippen molar-refractivity contribution in [2.24, 2.45) is 11.7 Å². The van der Waals surface area contributed by atoms with Crippen molar-refractivity contribution in [2.75, 3.05) is 0 Å². The molecule has 0 aromatic heterocycles. The first-order chi connectivity index (χ1) is 7.90. The molecule has 2 N–H and O–H groups in total. The molecular formula is C15H24FN. The second-order valence-electron chi connectivity index (χ2n) is 5.27. The number of halogens is 1. The van der Waals surface area contributed by atoms with Crippen LogP contribution in [0.5, 0.6) is 0 Å². The van der Waals surface area contributed by atoms with E-state index in [9.17, 15) is 4.39 Å². The predicted molar refractivity (Wildman–Crippen MR) is 71.4 cm³/mol. The minimum absolute atomic E-state index is 0.163. The average molecular weight is 237 g/mol. The molecule has 1 rings (SSSR count).